The van der Waals surface area contributed by atoms with Crippen LogP contribution in [0.1, 0.15) is 32.6 Å². The van der Waals surface area contributed by atoms with E-state index in [-0.39, 0.29) is 24.3 Å². The number of carbonyl (C=O) groups excluding carboxylic acids is 1. The molecule has 0 fully saturated rings. The predicted octanol–water partition coefficient (Wildman–Crippen LogP) is 1.86. The number of esters is 1. The molecule has 0 amide bonds. The Morgan fingerprint density at radius 1 is 1.36 bits per heavy atom. The highest BCUT2D eigenvalue weighted by Crippen LogP contribution is 2.09. The number of ether oxygens (including phenoxy) is 1. The smallest absolute Gasteiger partial charge is 0.306 e. The first-order valence-corrected chi connectivity index (χ1v) is 4.37. The zero-order valence-corrected chi connectivity index (χ0v) is 9.30. The monoisotopic (exact) mass is 224 g/mol. The van der Waals surface area contributed by atoms with Crippen molar-refractivity contribution in [3.8, 4) is 0 Å². The lowest BCUT2D eigenvalue weighted by atomic mass is 10.0. The molecule has 0 aromatic heterocycles. The summed E-state index contributed by atoms with van der Waals surface area (Å²) in [6, 6.07) is 0. The summed E-state index contributed by atoms with van der Waals surface area (Å²) in [7, 11) is 1.35. The highest BCUT2D eigenvalue weighted by Gasteiger charge is 2.10. The molecule has 0 aromatic rings. The second-order valence-corrected chi connectivity index (χ2v) is 3.06. The number of carboxylic acids is 1. The number of rotatable bonds is 6. The summed E-state index contributed by atoms with van der Waals surface area (Å²) in [5.74, 6) is -1.33. The molecule has 0 radical (unpaired) electrons. The fraction of sp³-hybridized carbons (Fsp3) is 0.778. The summed E-state index contributed by atoms with van der Waals surface area (Å²) < 4.78 is 4.45. The molecular weight excluding hydrogens is 208 g/mol. The van der Waals surface area contributed by atoms with Crippen LogP contribution in [-0.4, -0.2) is 24.2 Å². The largest absolute Gasteiger partial charge is 0.481 e. The average Bonchev–Trinajstić information content (AvgIpc) is 2.11. The molecule has 0 heterocycles. The maximum atomic E-state index is 10.7. The zero-order valence-electron chi connectivity index (χ0n) is 8.49. The SMILES string of the molecule is COC(=O)CCCCC(C)C(=O)O.Cl. The number of carboxylic acid groups (broad SMARTS) is 1. The molecule has 4 nitrogen and oxygen atoms in total. The fourth-order valence-corrected chi connectivity index (χ4v) is 0.945. The van der Waals surface area contributed by atoms with Gasteiger partial charge in [-0.25, -0.2) is 0 Å². The van der Waals surface area contributed by atoms with Gasteiger partial charge in [0.05, 0.1) is 13.0 Å². The van der Waals surface area contributed by atoms with Gasteiger partial charge in [-0.3, -0.25) is 9.59 Å². The molecule has 1 atom stereocenters. The molecule has 14 heavy (non-hydrogen) atoms. The van der Waals surface area contributed by atoms with Gasteiger partial charge in [0.1, 0.15) is 0 Å². The molecule has 0 rings (SSSR count). The first-order chi connectivity index (χ1) is 6.07. The van der Waals surface area contributed by atoms with Gasteiger partial charge in [-0.2, -0.15) is 0 Å². The zero-order chi connectivity index (χ0) is 10.3. The lowest BCUT2D eigenvalue weighted by Gasteiger charge is -2.04. The van der Waals surface area contributed by atoms with E-state index in [1.54, 1.807) is 6.92 Å². The van der Waals surface area contributed by atoms with E-state index >= 15 is 0 Å². The minimum Gasteiger partial charge on any atom is -0.481 e. The van der Waals surface area contributed by atoms with Crippen LogP contribution in [0.2, 0.25) is 0 Å². The van der Waals surface area contributed by atoms with Gasteiger partial charge in [-0.05, 0) is 12.8 Å². The minimum atomic E-state index is -0.780. The van der Waals surface area contributed by atoms with Crippen LogP contribution in [0.15, 0.2) is 0 Å². The molecule has 5 heteroatoms. The van der Waals surface area contributed by atoms with Crippen LogP contribution in [0.25, 0.3) is 0 Å². The predicted molar refractivity (Wildman–Crippen MR) is 54.5 cm³/mol. The molecule has 0 aromatic carbocycles. The van der Waals surface area contributed by atoms with E-state index in [1.807, 2.05) is 0 Å². The third-order valence-corrected chi connectivity index (χ3v) is 1.92. The van der Waals surface area contributed by atoms with Crippen molar-refractivity contribution in [1.82, 2.24) is 0 Å². The Kier molecular flexibility index (Phi) is 9.88. The fourth-order valence-electron chi connectivity index (χ4n) is 0.945. The maximum absolute atomic E-state index is 10.7. The van der Waals surface area contributed by atoms with Crippen molar-refractivity contribution in [3.63, 3.8) is 0 Å². The van der Waals surface area contributed by atoms with Crippen LogP contribution < -0.4 is 0 Å². The lowest BCUT2D eigenvalue weighted by Crippen LogP contribution is -2.09. The second-order valence-electron chi connectivity index (χ2n) is 3.06. The van der Waals surface area contributed by atoms with E-state index in [1.165, 1.54) is 7.11 Å². The van der Waals surface area contributed by atoms with E-state index in [0.29, 0.717) is 19.3 Å². The third kappa shape index (κ3) is 7.86. The molecule has 1 N–H and O–H groups in total. The van der Waals surface area contributed by atoms with E-state index < -0.39 is 5.97 Å². The number of aliphatic carboxylic acids is 1. The normalized spacial score (nSPS) is 11.3. The Labute approximate surface area is 90.0 Å². The van der Waals surface area contributed by atoms with Crippen molar-refractivity contribution >= 4 is 24.3 Å². The van der Waals surface area contributed by atoms with Gasteiger partial charge in [0.15, 0.2) is 0 Å². The summed E-state index contributed by atoms with van der Waals surface area (Å²) in [4.78, 5) is 21.0. The molecule has 0 aliphatic carbocycles. The van der Waals surface area contributed by atoms with Crippen molar-refractivity contribution in [2.24, 2.45) is 5.92 Å². The van der Waals surface area contributed by atoms with E-state index in [4.69, 9.17) is 5.11 Å². The summed E-state index contributed by atoms with van der Waals surface area (Å²) >= 11 is 0. The molecule has 0 spiro atoms. The highest BCUT2D eigenvalue weighted by molar-refractivity contribution is 5.85. The van der Waals surface area contributed by atoms with E-state index in [2.05, 4.69) is 4.74 Å². The van der Waals surface area contributed by atoms with Crippen molar-refractivity contribution in [2.45, 2.75) is 32.6 Å². The van der Waals surface area contributed by atoms with Crippen molar-refractivity contribution in [1.29, 1.82) is 0 Å². The van der Waals surface area contributed by atoms with E-state index in [0.717, 1.165) is 6.42 Å². The second kappa shape index (κ2) is 8.81. The van der Waals surface area contributed by atoms with Crippen LogP contribution >= 0.6 is 12.4 Å². The van der Waals surface area contributed by atoms with Gasteiger partial charge in [0.25, 0.3) is 0 Å². The van der Waals surface area contributed by atoms with Crippen LogP contribution in [0.5, 0.6) is 0 Å². The van der Waals surface area contributed by atoms with Crippen molar-refractivity contribution in [3.05, 3.63) is 0 Å². The Balaban J connectivity index is 0. The van der Waals surface area contributed by atoms with Gasteiger partial charge >= 0.3 is 11.9 Å². The number of hydrogen-bond donors (Lipinski definition) is 1. The van der Waals surface area contributed by atoms with E-state index in [9.17, 15) is 9.59 Å². The minimum absolute atomic E-state index is 0. The molecular formula is C9H17ClO4. The first-order valence-electron chi connectivity index (χ1n) is 4.37. The van der Waals surface area contributed by atoms with Gasteiger partial charge in [-0.1, -0.05) is 13.3 Å². The average molecular weight is 225 g/mol. The molecule has 0 saturated heterocycles. The molecule has 0 aliphatic heterocycles. The van der Waals surface area contributed by atoms with Gasteiger partial charge in [0.2, 0.25) is 0 Å². The summed E-state index contributed by atoms with van der Waals surface area (Å²) in [5, 5.41) is 8.55. The van der Waals surface area contributed by atoms with Crippen LogP contribution in [0.3, 0.4) is 0 Å². The molecule has 0 bridgehead atoms. The summed E-state index contributed by atoms with van der Waals surface area (Å²) in [6.45, 7) is 1.67. The van der Waals surface area contributed by atoms with Crippen molar-refractivity contribution < 1.29 is 19.4 Å². The van der Waals surface area contributed by atoms with Crippen LogP contribution in [0, 0.1) is 5.92 Å². The molecule has 1 unspecified atom stereocenters. The van der Waals surface area contributed by atoms with Gasteiger partial charge in [-0.15, -0.1) is 12.4 Å². The number of unbranched alkanes of at least 4 members (excludes halogenated alkanes) is 1. The topological polar surface area (TPSA) is 63.6 Å². The van der Waals surface area contributed by atoms with Gasteiger partial charge < -0.3 is 9.84 Å². The lowest BCUT2D eigenvalue weighted by molar-refractivity contribution is -0.141. The Hall–Kier alpha value is -0.770. The van der Waals surface area contributed by atoms with Crippen molar-refractivity contribution in [2.75, 3.05) is 7.11 Å². The summed E-state index contributed by atoms with van der Waals surface area (Å²) in [5.41, 5.74) is 0. The molecule has 84 valence electrons. The number of carbonyl (C=O) groups is 2. The molecule has 0 aliphatic rings. The number of halogens is 1. The van der Waals surface area contributed by atoms with Crippen LogP contribution in [-0.2, 0) is 14.3 Å². The third-order valence-electron chi connectivity index (χ3n) is 1.92. The Morgan fingerprint density at radius 2 is 1.93 bits per heavy atom. The Morgan fingerprint density at radius 3 is 2.36 bits per heavy atom. The van der Waals surface area contributed by atoms with Crippen LogP contribution in [0.4, 0.5) is 0 Å². The summed E-state index contributed by atoms with van der Waals surface area (Å²) in [6.07, 6.45) is 2.45. The maximum Gasteiger partial charge on any atom is 0.306 e. The highest BCUT2D eigenvalue weighted by atomic mass is 35.5. The standard InChI is InChI=1S/C9H16O4.ClH/c1-7(9(11)12)5-3-4-6-8(10)13-2;/h7H,3-6H2,1-2H3,(H,11,12);1H. The number of methoxy groups -OCH3 is 1. The quantitative estimate of drug-likeness (QED) is 0.553. The first kappa shape index (κ1) is 15.7. The molecule has 0 saturated carbocycles. The Bertz CT molecular complexity index is 182. The number of hydrogen-bond acceptors (Lipinski definition) is 3. The van der Waals surface area contributed by atoms with Gasteiger partial charge in [0, 0.05) is 6.42 Å².